The number of guanidine groups is 1. The first-order valence-corrected chi connectivity index (χ1v) is 10.3. The third-order valence-electron chi connectivity index (χ3n) is 5.08. The molecule has 2 fully saturated rings. The Labute approximate surface area is 158 Å². The summed E-state index contributed by atoms with van der Waals surface area (Å²) < 4.78 is 5.09. The second-order valence-corrected chi connectivity index (χ2v) is 7.31. The minimum absolute atomic E-state index is 0.204. The van der Waals surface area contributed by atoms with Crippen LogP contribution in [0.15, 0.2) is 4.99 Å². The predicted molar refractivity (Wildman–Crippen MR) is 106 cm³/mol. The summed E-state index contributed by atoms with van der Waals surface area (Å²) in [5, 5.41) is 3.39. The van der Waals surface area contributed by atoms with Crippen molar-refractivity contribution in [2.45, 2.75) is 40.0 Å². The molecule has 2 aliphatic rings. The fourth-order valence-corrected chi connectivity index (χ4v) is 3.71. The van der Waals surface area contributed by atoms with Crippen molar-refractivity contribution in [2.24, 2.45) is 10.9 Å². The largest absolute Gasteiger partial charge is 0.450 e. The lowest BCUT2D eigenvalue weighted by molar-refractivity contribution is 0.0914. The van der Waals surface area contributed by atoms with Crippen LogP contribution in [0.2, 0.25) is 0 Å². The molecule has 2 heterocycles. The number of nitrogens with zero attached hydrogens (tertiary/aromatic N) is 4. The molecular formula is C19H37N5O2. The lowest BCUT2D eigenvalue weighted by Gasteiger charge is -2.36. The van der Waals surface area contributed by atoms with E-state index in [1.54, 1.807) is 4.90 Å². The minimum Gasteiger partial charge on any atom is -0.450 e. The van der Waals surface area contributed by atoms with Crippen molar-refractivity contribution in [1.82, 2.24) is 20.0 Å². The first kappa shape index (κ1) is 20.8. The van der Waals surface area contributed by atoms with E-state index in [-0.39, 0.29) is 6.09 Å². The molecule has 0 aromatic heterocycles. The van der Waals surface area contributed by atoms with Gasteiger partial charge in [0.1, 0.15) is 0 Å². The molecule has 1 unspecified atom stereocenters. The lowest BCUT2D eigenvalue weighted by Crippen LogP contribution is -2.54. The molecule has 1 N–H and O–H groups in total. The monoisotopic (exact) mass is 367 g/mol. The van der Waals surface area contributed by atoms with Crippen LogP contribution in [0, 0.1) is 5.92 Å². The highest BCUT2D eigenvalue weighted by Gasteiger charge is 2.23. The van der Waals surface area contributed by atoms with Crippen LogP contribution in [-0.2, 0) is 4.74 Å². The summed E-state index contributed by atoms with van der Waals surface area (Å²) in [7, 11) is 0. The van der Waals surface area contributed by atoms with Gasteiger partial charge in [-0.3, -0.25) is 4.99 Å². The summed E-state index contributed by atoms with van der Waals surface area (Å²) >= 11 is 0. The second kappa shape index (κ2) is 11.3. The van der Waals surface area contributed by atoms with Gasteiger partial charge < -0.3 is 24.8 Å². The highest BCUT2D eigenvalue weighted by molar-refractivity contribution is 5.80. The third kappa shape index (κ3) is 6.67. The Hall–Kier alpha value is -1.50. The van der Waals surface area contributed by atoms with Gasteiger partial charge in [0, 0.05) is 45.8 Å². The highest BCUT2D eigenvalue weighted by atomic mass is 16.6. The van der Waals surface area contributed by atoms with E-state index in [0.717, 1.165) is 51.0 Å². The van der Waals surface area contributed by atoms with Gasteiger partial charge in [-0.2, -0.15) is 0 Å². The Morgan fingerprint density at radius 2 is 1.88 bits per heavy atom. The van der Waals surface area contributed by atoms with Crippen molar-refractivity contribution in [3.05, 3.63) is 0 Å². The topological polar surface area (TPSA) is 60.4 Å². The van der Waals surface area contributed by atoms with Crippen molar-refractivity contribution < 1.29 is 9.53 Å². The number of carbonyl (C=O) groups excluding carboxylic acids is 1. The zero-order chi connectivity index (χ0) is 18.8. The number of piperidine rings is 1. The van der Waals surface area contributed by atoms with Crippen molar-refractivity contribution in [3.8, 4) is 0 Å². The molecule has 7 heteroatoms. The lowest BCUT2D eigenvalue weighted by atomic mass is 10.0. The smallest absolute Gasteiger partial charge is 0.409 e. The van der Waals surface area contributed by atoms with E-state index in [0.29, 0.717) is 19.7 Å². The maximum atomic E-state index is 11.8. The average Bonchev–Trinajstić information content (AvgIpc) is 2.65. The van der Waals surface area contributed by atoms with Crippen LogP contribution in [0.3, 0.4) is 0 Å². The number of likely N-dealkylation sites (tertiary alicyclic amines) is 1. The van der Waals surface area contributed by atoms with E-state index in [2.05, 4.69) is 29.0 Å². The molecule has 2 rings (SSSR count). The summed E-state index contributed by atoms with van der Waals surface area (Å²) in [6.07, 6.45) is 3.60. The third-order valence-corrected chi connectivity index (χ3v) is 5.08. The molecular weight excluding hydrogens is 330 g/mol. The van der Waals surface area contributed by atoms with Gasteiger partial charge in [-0.1, -0.05) is 6.92 Å². The molecule has 26 heavy (non-hydrogen) atoms. The fourth-order valence-electron chi connectivity index (χ4n) is 3.71. The van der Waals surface area contributed by atoms with Gasteiger partial charge in [0.05, 0.1) is 6.61 Å². The Morgan fingerprint density at radius 3 is 2.54 bits per heavy atom. The molecule has 0 aliphatic carbocycles. The number of piperazine rings is 1. The zero-order valence-electron chi connectivity index (χ0n) is 16.9. The highest BCUT2D eigenvalue weighted by Crippen LogP contribution is 2.15. The van der Waals surface area contributed by atoms with Gasteiger partial charge >= 0.3 is 6.09 Å². The molecule has 150 valence electrons. The molecule has 0 spiro atoms. The number of carbonyl (C=O) groups is 1. The number of nitrogens with one attached hydrogen (secondary N) is 1. The van der Waals surface area contributed by atoms with Gasteiger partial charge in [0.15, 0.2) is 5.96 Å². The normalized spacial score (nSPS) is 22.4. The van der Waals surface area contributed by atoms with Crippen LogP contribution >= 0.6 is 0 Å². The second-order valence-electron chi connectivity index (χ2n) is 7.31. The zero-order valence-corrected chi connectivity index (χ0v) is 16.9. The van der Waals surface area contributed by atoms with E-state index in [1.165, 1.54) is 25.9 Å². The first-order chi connectivity index (χ1) is 12.6. The van der Waals surface area contributed by atoms with Crippen LogP contribution in [-0.4, -0.2) is 92.3 Å². The Bertz CT molecular complexity index is 449. The minimum atomic E-state index is -0.204. The maximum Gasteiger partial charge on any atom is 0.409 e. The summed E-state index contributed by atoms with van der Waals surface area (Å²) in [6, 6.07) is 0. The van der Waals surface area contributed by atoms with Crippen molar-refractivity contribution in [2.75, 3.05) is 65.5 Å². The summed E-state index contributed by atoms with van der Waals surface area (Å²) in [5.74, 6) is 1.81. The number of ether oxygens (including phenoxy) is 1. The van der Waals surface area contributed by atoms with Crippen LogP contribution < -0.4 is 5.32 Å². The van der Waals surface area contributed by atoms with Gasteiger partial charge in [-0.25, -0.2) is 4.79 Å². The van der Waals surface area contributed by atoms with Crippen LogP contribution in [0.25, 0.3) is 0 Å². The summed E-state index contributed by atoms with van der Waals surface area (Å²) in [6.45, 7) is 15.0. The molecule has 0 bridgehead atoms. The fraction of sp³-hybridized carbons (Fsp3) is 0.895. The van der Waals surface area contributed by atoms with Crippen LogP contribution in [0.5, 0.6) is 0 Å². The van der Waals surface area contributed by atoms with Crippen molar-refractivity contribution >= 4 is 12.1 Å². The molecule has 0 aromatic carbocycles. The Balaban J connectivity index is 1.75. The molecule has 2 aliphatic heterocycles. The number of aliphatic imine (C=N–C) groups is 1. The number of rotatable bonds is 6. The number of hydrogen-bond acceptors (Lipinski definition) is 4. The molecule has 1 atom stereocenters. The van der Waals surface area contributed by atoms with E-state index in [9.17, 15) is 4.79 Å². The van der Waals surface area contributed by atoms with E-state index < -0.39 is 0 Å². The predicted octanol–water partition coefficient (Wildman–Crippen LogP) is 1.85. The van der Waals surface area contributed by atoms with Gasteiger partial charge in [0.2, 0.25) is 0 Å². The number of hydrogen-bond donors (Lipinski definition) is 1. The molecule has 0 saturated carbocycles. The van der Waals surface area contributed by atoms with Gasteiger partial charge in [0.25, 0.3) is 0 Å². The molecule has 0 aromatic rings. The first-order valence-electron chi connectivity index (χ1n) is 10.3. The molecule has 1 amide bonds. The van der Waals surface area contributed by atoms with Gasteiger partial charge in [-0.05, 0) is 52.1 Å². The summed E-state index contributed by atoms with van der Waals surface area (Å²) in [4.78, 5) is 23.2. The summed E-state index contributed by atoms with van der Waals surface area (Å²) in [5.41, 5.74) is 0. The van der Waals surface area contributed by atoms with Crippen LogP contribution in [0.1, 0.15) is 40.0 Å². The average molecular weight is 368 g/mol. The molecule has 0 radical (unpaired) electrons. The maximum absolute atomic E-state index is 11.8. The SMILES string of the molecule is CCNC(=NCCCN1CCCC(C)C1)N1CCN(C(=O)OCC)CC1. The Kier molecular flexibility index (Phi) is 9.01. The van der Waals surface area contributed by atoms with Crippen LogP contribution in [0.4, 0.5) is 4.79 Å². The number of amides is 1. The quantitative estimate of drug-likeness (QED) is 0.441. The van der Waals surface area contributed by atoms with Gasteiger partial charge in [-0.15, -0.1) is 0 Å². The molecule has 2 saturated heterocycles. The van der Waals surface area contributed by atoms with Crippen molar-refractivity contribution in [1.29, 1.82) is 0 Å². The molecule has 7 nitrogen and oxygen atoms in total. The Morgan fingerprint density at radius 1 is 1.15 bits per heavy atom. The van der Waals surface area contributed by atoms with E-state index in [1.807, 2.05) is 6.92 Å². The van der Waals surface area contributed by atoms with Crippen molar-refractivity contribution in [3.63, 3.8) is 0 Å². The van der Waals surface area contributed by atoms with E-state index >= 15 is 0 Å². The van der Waals surface area contributed by atoms with E-state index in [4.69, 9.17) is 9.73 Å². The standard InChI is InChI=1S/C19H37N5O2/c1-4-20-18(21-9-7-11-22-10-6-8-17(3)16-22)23-12-14-24(15-13-23)19(25)26-5-2/h17H,4-16H2,1-3H3,(H,20,21).